The van der Waals surface area contributed by atoms with Crippen LogP contribution in [-0.4, -0.2) is 0 Å². The van der Waals surface area contributed by atoms with Crippen molar-refractivity contribution in [3.8, 4) is 11.1 Å². The van der Waals surface area contributed by atoms with Gasteiger partial charge in [0, 0.05) is 0 Å². The van der Waals surface area contributed by atoms with Crippen LogP contribution in [0, 0.1) is 6.92 Å². The molecular weight excluding hydrogens is 192 g/mol. The van der Waals surface area contributed by atoms with Gasteiger partial charge >= 0.3 is 0 Å². The number of hydrogen-bond donors (Lipinski definition) is 0. The number of hydrogen-bond acceptors (Lipinski definition) is 0. The first-order valence-electron chi connectivity index (χ1n) is 5.97. The normalized spacial score (nSPS) is 10.4. The molecule has 0 unspecified atom stereocenters. The van der Waals surface area contributed by atoms with Gasteiger partial charge in [-0.3, -0.25) is 0 Å². The molecule has 0 radical (unpaired) electrons. The van der Waals surface area contributed by atoms with E-state index in [0.717, 1.165) is 6.42 Å². The van der Waals surface area contributed by atoms with E-state index in [2.05, 4.69) is 62.4 Å². The summed E-state index contributed by atoms with van der Waals surface area (Å²) < 4.78 is 0. The van der Waals surface area contributed by atoms with Gasteiger partial charge in [0.05, 0.1) is 0 Å². The van der Waals surface area contributed by atoms with Crippen molar-refractivity contribution in [2.24, 2.45) is 0 Å². The third-order valence-electron chi connectivity index (χ3n) is 3.00. The second-order valence-electron chi connectivity index (χ2n) is 4.22. The van der Waals surface area contributed by atoms with Crippen molar-refractivity contribution >= 4 is 0 Å². The molecule has 0 aliphatic rings. The zero-order valence-corrected chi connectivity index (χ0v) is 10.0. The van der Waals surface area contributed by atoms with Crippen molar-refractivity contribution in [2.75, 3.05) is 0 Å². The van der Waals surface area contributed by atoms with Gasteiger partial charge in [-0.2, -0.15) is 0 Å². The molecular formula is C16H18. The Bertz CT molecular complexity index is 455. The maximum atomic E-state index is 2.24. The molecule has 2 aromatic rings. The second-order valence-corrected chi connectivity index (χ2v) is 4.22. The van der Waals surface area contributed by atoms with Gasteiger partial charge in [-0.15, -0.1) is 0 Å². The van der Waals surface area contributed by atoms with Crippen molar-refractivity contribution in [1.29, 1.82) is 0 Å². The summed E-state index contributed by atoms with van der Waals surface area (Å²) in [5, 5.41) is 0. The molecule has 0 aliphatic heterocycles. The summed E-state index contributed by atoms with van der Waals surface area (Å²) in [6.45, 7) is 4.44. The molecule has 0 saturated carbocycles. The average molecular weight is 210 g/mol. The lowest BCUT2D eigenvalue weighted by Crippen LogP contribution is -1.93. The maximum absolute atomic E-state index is 2.24. The summed E-state index contributed by atoms with van der Waals surface area (Å²) in [5.74, 6) is 0. The number of rotatable bonds is 3. The smallest absolute Gasteiger partial charge is 0.0149 e. The quantitative estimate of drug-likeness (QED) is 0.693. The predicted octanol–water partition coefficient (Wildman–Crippen LogP) is 4.61. The van der Waals surface area contributed by atoms with Crippen molar-refractivity contribution in [2.45, 2.75) is 26.7 Å². The molecule has 0 spiro atoms. The van der Waals surface area contributed by atoms with Gasteiger partial charge in [-0.25, -0.2) is 0 Å². The van der Waals surface area contributed by atoms with Crippen molar-refractivity contribution in [1.82, 2.24) is 0 Å². The summed E-state index contributed by atoms with van der Waals surface area (Å²) in [7, 11) is 0. The first-order chi connectivity index (χ1) is 7.83. The fourth-order valence-electron chi connectivity index (χ4n) is 2.17. The fourth-order valence-corrected chi connectivity index (χ4v) is 2.17. The van der Waals surface area contributed by atoms with Gasteiger partial charge in [-0.05, 0) is 35.6 Å². The van der Waals surface area contributed by atoms with Gasteiger partial charge in [0.1, 0.15) is 0 Å². The Morgan fingerprint density at radius 2 is 1.62 bits per heavy atom. The number of aryl methyl sites for hydroxylation is 1. The molecule has 0 nitrogen and oxygen atoms in total. The Labute approximate surface area is 97.9 Å². The summed E-state index contributed by atoms with van der Waals surface area (Å²) >= 11 is 0. The van der Waals surface area contributed by atoms with Crippen LogP contribution in [0.5, 0.6) is 0 Å². The van der Waals surface area contributed by atoms with Gasteiger partial charge in [0.25, 0.3) is 0 Å². The van der Waals surface area contributed by atoms with Crippen LogP contribution in [0.3, 0.4) is 0 Å². The van der Waals surface area contributed by atoms with E-state index in [4.69, 9.17) is 0 Å². The Hall–Kier alpha value is -1.56. The minimum Gasteiger partial charge on any atom is -0.0651 e. The van der Waals surface area contributed by atoms with Crippen LogP contribution in [0.2, 0.25) is 0 Å². The molecule has 0 aliphatic carbocycles. The minimum atomic E-state index is 1.16. The van der Waals surface area contributed by atoms with Crippen molar-refractivity contribution in [3.63, 3.8) is 0 Å². The van der Waals surface area contributed by atoms with Crippen LogP contribution in [0.25, 0.3) is 11.1 Å². The van der Waals surface area contributed by atoms with Crippen LogP contribution >= 0.6 is 0 Å². The molecule has 0 amide bonds. The summed E-state index contributed by atoms with van der Waals surface area (Å²) in [4.78, 5) is 0. The van der Waals surface area contributed by atoms with E-state index in [0.29, 0.717) is 0 Å². The highest BCUT2D eigenvalue weighted by Gasteiger charge is 2.05. The first-order valence-corrected chi connectivity index (χ1v) is 5.97. The SMILES string of the molecule is CCCc1c(C)cccc1-c1ccccc1. The summed E-state index contributed by atoms with van der Waals surface area (Å²) in [6.07, 6.45) is 2.36. The van der Waals surface area contributed by atoms with E-state index < -0.39 is 0 Å². The highest BCUT2D eigenvalue weighted by atomic mass is 14.1. The van der Waals surface area contributed by atoms with Crippen LogP contribution in [0.15, 0.2) is 48.5 Å². The van der Waals surface area contributed by atoms with E-state index in [1.807, 2.05) is 0 Å². The van der Waals surface area contributed by atoms with Gasteiger partial charge in [0.15, 0.2) is 0 Å². The Balaban J connectivity index is 2.52. The Morgan fingerprint density at radius 1 is 0.875 bits per heavy atom. The standard InChI is InChI=1S/C16H18/c1-3-8-15-13(2)9-7-12-16(15)14-10-5-4-6-11-14/h4-7,9-12H,3,8H2,1-2H3. The summed E-state index contributed by atoms with van der Waals surface area (Å²) in [5.41, 5.74) is 5.62. The number of benzene rings is 2. The lowest BCUT2D eigenvalue weighted by molar-refractivity contribution is 0.915. The molecule has 0 fully saturated rings. The zero-order valence-electron chi connectivity index (χ0n) is 10.0. The van der Waals surface area contributed by atoms with Crippen molar-refractivity contribution < 1.29 is 0 Å². The summed E-state index contributed by atoms with van der Waals surface area (Å²) in [6, 6.07) is 17.2. The highest BCUT2D eigenvalue weighted by molar-refractivity contribution is 5.68. The second kappa shape index (κ2) is 4.98. The van der Waals surface area contributed by atoms with Crippen LogP contribution in [0.4, 0.5) is 0 Å². The third-order valence-corrected chi connectivity index (χ3v) is 3.00. The zero-order chi connectivity index (χ0) is 11.4. The van der Waals surface area contributed by atoms with E-state index in [-0.39, 0.29) is 0 Å². The first kappa shape index (κ1) is 10.9. The van der Waals surface area contributed by atoms with Gasteiger partial charge < -0.3 is 0 Å². The molecule has 0 saturated heterocycles. The Morgan fingerprint density at radius 3 is 2.31 bits per heavy atom. The average Bonchev–Trinajstić information content (AvgIpc) is 2.33. The van der Waals surface area contributed by atoms with E-state index in [1.54, 1.807) is 0 Å². The highest BCUT2D eigenvalue weighted by Crippen LogP contribution is 2.26. The van der Waals surface area contributed by atoms with E-state index >= 15 is 0 Å². The van der Waals surface area contributed by atoms with E-state index in [9.17, 15) is 0 Å². The lowest BCUT2D eigenvalue weighted by atomic mass is 9.93. The minimum absolute atomic E-state index is 1.16. The molecule has 0 heteroatoms. The maximum Gasteiger partial charge on any atom is -0.0149 e. The lowest BCUT2D eigenvalue weighted by Gasteiger charge is -2.12. The predicted molar refractivity (Wildman–Crippen MR) is 70.6 cm³/mol. The van der Waals surface area contributed by atoms with Gasteiger partial charge in [0.2, 0.25) is 0 Å². The van der Waals surface area contributed by atoms with Gasteiger partial charge in [-0.1, -0.05) is 61.9 Å². The molecule has 2 rings (SSSR count). The molecule has 2 aromatic carbocycles. The largest absolute Gasteiger partial charge is 0.0651 e. The van der Waals surface area contributed by atoms with Crippen LogP contribution in [0.1, 0.15) is 24.5 Å². The molecule has 0 heterocycles. The van der Waals surface area contributed by atoms with E-state index in [1.165, 1.54) is 28.7 Å². The molecule has 0 atom stereocenters. The molecule has 0 N–H and O–H groups in total. The van der Waals surface area contributed by atoms with Crippen molar-refractivity contribution in [3.05, 3.63) is 59.7 Å². The molecule has 16 heavy (non-hydrogen) atoms. The van der Waals surface area contributed by atoms with Crippen LogP contribution in [-0.2, 0) is 6.42 Å². The fraction of sp³-hybridized carbons (Fsp3) is 0.250. The molecule has 0 aromatic heterocycles. The monoisotopic (exact) mass is 210 g/mol. The third kappa shape index (κ3) is 2.16. The Kier molecular flexibility index (Phi) is 3.40. The molecule has 82 valence electrons. The molecule has 0 bridgehead atoms. The topological polar surface area (TPSA) is 0 Å². The van der Waals surface area contributed by atoms with Crippen LogP contribution < -0.4 is 0 Å².